The zero-order valence-corrected chi connectivity index (χ0v) is 21.0. The highest BCUT2D eigenvalue weighted by molar-refractivity contribution is 6.31. The number of amides is 2. The fraction of sp³-hybridized carbons (Fsp3) is 0.308. The van der Waals surface area contributed by atoms with E-state index in [1.54, 1.807) is 35.2 Å². The quantitative estimate of drug-likeness (QED) is 0.413. The molecule has 0 spiro atoms. The second kappa shape index (κ2) is 10.5. The minimum atomic E-state index is -0.542. The van der Waals surface area contributed by atoms with Gasteiger partial charge < -0.3 is 20.3 Å². The molecule has 0 aliphatic carbocycles. The number of carbonyl (C=O) groups is 2. The summed E-state index contributed by atoms with van der Waals surface area (Å²) >= 11 is 5.88. The maximum atomic E-state index is 13.5. The third-order valence-electron chi connectivity index (χ3n) is 5.48. The molecule has 1 aliphatic heterocycles. The molecule has 2 N–H and O–H groups in total. The van der Waals surface area contributed by atoms with Gasteiger partial charge in [0.1, 0.15) is 23.6 Å². The second-order valence-electron chi connectivity index (χ2n) is 9.47. The Balaban J connectivity index is 1.43. The van der Waals surface area contributed by atoms with Crippen LogP contribution in [0.15, 0.2) is 54.4 Å². The first-order chi connectivity index (χ1) is 17.1. The molecule has 4 rings (SSSR count). The van der Waals surface area contributed by atoms with Crippen LogP contribution in [0.5, 0.6) is 0 Å². The van der Waals surface area contributed by atoms with Crippen molar-refractivity contribution < 1.29 is 18.7 Å². The van der Waals surface area contributed by atoms with E-state index in [2.05, 4.69) is 20.6 Å². The lowest BCUT2D eigenvalue weighted by molar-refractivity contribution is -0.112. The minimum Gasteiger partial charge on any atom is -0.444 e. The van der Waals surface area contributed by atoms with Gasteiger partial charge in [0.25, 0.3) is 0 Å². The number of halogens is 2. The van der Waals surface area contributed by atoms with Gasteiger partial charge in [-0.05, 0) is 70.0 Å². The summed E-state index contributed by atoms with van der Waals surface area (Å²) in [6, 6.07) is 9.60. The van der Waals surface area contributed by atoms with E-state index < -0.39 is 11.4 Å². The maximum absolute atomic E-state index is 13.5. The van der Waals surface area contributed by atoms with Gasteiger partial charge in [0.2, 0.25) is 5.91 Å². The lowest BCUT2D eigenvalue weighted by Gasteiger charge is -2.30. The molecule has 2 amide bonds. The van der Waals surface area contributed by atoms with Crippen LogP contribution in [0.25, 0.3) is 10.9 Å². The van der Waals surface area contributed by atoms with Crippen molar-refractivity contribution in [3.05, 3.63) is 65.2 Å². The van der Waals surface area contributed by atoms with Crippen molar-refractivity contribution in [3.63, 3.8) is 0 Å². The van der Waals surface area contributed by atoms with E-state index in [1.807, 2.05) is 20.8 Å². The first-order valence-corrected chi connectivity index (χ1v) is 11.9. The monoisotopic (exact) mass is 511 g/mol. The van der Waals surface area contributed by atoms with E-state index in [0.717, 1.165) is 5.57 Å². The van der Waals surface area contributed by atoms with Crippen molar-refractivity contribution in [2.75, 3.05) is 23.7 Å². The molecule has 10 heteroatoms. The van der Waals surface area contributed by atoms with Crippen molar-refractivity contribution >= 4 is 51.7 Å². The second-order valence-corrected chi connectivity index (χ2v) is 9.87. The SMILES string of the molecule is CC(C)(C)OC(=O)N1CCC(=CC(=O)Nc2ccc3ncnc(Nc4ccc(F)c(Cl)c4)c3c2)CC1. The Bertz CT molecular complexity index is 1330. The Kier molecular flexibility index (Phi) is 7.40. The fourth-order valence-corrected chi connectivity index (χ4v) is 3.94. The first kappa shape index (κ1) is 25.4. The van der Waals surface area contributed by atoms with Crippen LogP contribution in [-0.2, 0) is 9.53 Å². The van der Waals surface area contributed by atoms with E-state index in [4.69, 9.17) is 16.3 Å². The number of hydrogen-bond acceptors (Lipinski definition) is 6. The molecule has 0 radical (unpaired) electrons. The van der Waals surface area contributed by atoms with Crippen molar-refractivity contribution in [3.8, 4) is 0 Å². The molecule has 188 valence electrons. The molecule has 1 aromatic heterocycles. The van der Waals surface area contributed by atoms with Crippen molar-refractivity contribution in [2.24, 2.45) is 0 Å². The number of hydrogen-bond donors (Lipinski definition) is 2. The van der Waals surface area contributed by atoms with E-state index in [9.17, 15) is 14.0 Å². The molecular formula is C26H27ClFN5O3. The number of rotatable bonds is 4. The number of aromatic nitrogens is 2. The molecule has 36 heavy (non-hydrogen) atoms. The van der Waals surface area contributed by atoms with E-state index in [-0.39, 0.29) is 17.0 Å². The predicted octanol–water partition coefficient (Wildman–Crippen LogP) is 6.06. The average Bonchev–Trinajstić information content (AvgIpc) is 2.81. The number of piperidine rings is 1. The number of fused-ring (bicyclic) bond motifs is 1. The summed E-state index contributed by atoms with van der Waals surface area (Å²) in [6.45, 7) is 6.51. The first-order valence-electron chi connectivity index (χ1n) is 11.5. The molecular weight excluding hydrogens is 485 g/mol. The average molecular weight is 512 g/mol. The molecule has 1 aliphatic rings. The molecule has 8 nitrogen and oxygen atoms in total. The lowest BCUT2D eigenvalue weighted by Crippen LogP contribution is -2.40. The van der Waals surface area contributed by atoms with Crippen LogP contribution in [0.1, 0.15) is 33.6 Å². The van der Waals surface area contributed by atoms with Crippen LogP contribution in [0.4, 0.5) is 26.4 Å². The Hall–Kier alpha value is -3.72. The van der Waals surface area contributed by atoms with Gasteiger partial charge in [0.15, 0.2) is 0 Å². The van der Waals surface area contributed by atoms with Gasteiger partial charge in [-0.25, -0.2) is 19.2 Å². The van der Waals surface area contributed by atoms with Crippen LogP contribution in [0.3, 0.4) is 0 Å². The van der Waals surface area contributed by atoms with Gasteiger partial charge in [-0.3, -0.25) is 4.79 Å². The van der Waals surface area contributed by atoms with Gasteiger partial charge in [-0.2, -0.15) is 0 Å². The summed E-state index contributed by atoms with van der Waals surface area (Å²) in [5.74, 6) is -0.275. The highest BCUT2D eigenvalue weighted by Gasteiger charge is 2.24. The summed E-state index contributed by atoms with van der Waals surface area (Å²) in [5.41, 5.74) is 2.24. The highest BCUT2D eigenvalue weighted by Crippen LogP contribution is 2.28. The zero-order chi connectivity index (χ0) is 25.9. The smallest absolute Gasteiger partial charge is 0.410 e. The molecule has 2 aromatic carbocycles. The zero-order valence-electron chi connectivity index (χ0n) is 20.3. The molecule has 1 fully saturated rings. The summed E-state index contributed by atoms with van der Waals surface area (Å²) < 4.78 is 18.9. The largest absolute Gasteiger partial charge is 0.444 e. The molecule has 0 saturated carbocycles. The molecule has 2 heterocycles. The van der Waals surface area contributed by atoms with Gasteiger partial charge in [0, 0.05) is 35.9 Å². The third-order valence-corrected chi connectivity index (χ3v) is 5.77. The Labute approximate surface area is 213 Å². The summed E-state index contributed by atoms with van der Waals surface area (Å²) in [6.07, 6.45) is 3.87. The highest BCUT2D eigenvalue weighted by atomic mass is 35.5. The molecule has 0 bridgehead atoms. The third kappa shape index (κ3) is 6.48. The number of benzene rings is 2. The Morgan fingerprint density at radius 1 is 1.08 bits per heavy atom. The van der Waals surface area contributed by atoms with E-state index in [1.165, 1.54) is 18.5 Å². The number of likely N-dealkylation sites (tertiary alicyclic amines) is 1. The summed E-state index contributed by atoms with van der Waals surface area (Å²) in [5, 5.41) is 6.67. The number of ether oxygens (including phenoxy) is 1. The van der Waals surface area contributed by atoms with Gasteiger partial charge in [-0.1, -0.05) is 17.2 Å². The Morgan fingerprint density at radius 2 is 1.81 bits per heavy atom. The normalized spacial score (nSPS) is 13.9. The number of carbonyl (C=O) groups excluding carboxylic acids is 2. The van der Waals surface area contributed by atoms with Crippen LogP contribution >= 0.6 is 11.6 Å². The topological polar surface area (TPSA) is 96.5 Å². The fourth-order valence-electron chi connectivity index (χ4n) is 3.76. The molecule has 1 saturated heterocycles. The van der Waals surface area contributed by atoms with Gasteiger partial charge in [0.05, 0.1) is 10.5 Å². The number of anilines is 3. The minimum absolute atomic E-state index is 0.00345. The van der Waals surface area contributed by atoms with Crippen molar-refractivity contribution in [2.45, 2.75) is 39.2 Å². The van der Waals surface area contributed by atoms with Gasteiger partial charge in [-0.15, -0.1) is 0 Å². The molecule has 0 unspecified atom stereocenters. The Morgan fingerprint density at radius 3 is 2.50 bits per heavy atom. The van der Waals surface area contributed by atoms with Crippen LogP contribution in [0, 0.1) is 5.82 Å². The van der Waals surface area contributed by atoms with Crippen LogP contribution in [-0.4, -0.2) is 45.6 Å². The van der Waals surface area contributed by atoms with E-state index >= 15 is 0 Å². The van der Waals surface area contributed by atoms with Crippen LogP contribution in [0.2, 0.25) is 5.02 Å². The van der Waals surface area contributed by atoms with Gasteiger partial charge >= 0.3 is 6.09 Å². The lowest BCUT2D eigenvalue weighted by atomic mass is 10.0. The number of nitrogens with one attached hydrogen (secondary N) is 2. The predicted molar refractivity (Wildman–Crippen MR) is 138 cm³/mol. The molecule has 3 aromatic rings. The molecule has 0 atom stereocenters. The van der Waals surface area contributed by atoms with Crippen molar-refractivity contribution in [1.29, 1.82) is 0 Å². The van der Waals surface area contributed by atoms with Crippen LogP contribution < -0.4 is 10.6 Å². The standard InChI is InChI=1S/C26H27ClFN5O3/c1-26(2,3)36-25(35)33-10-8-16(9-11-33)12-23(34)31-17-5-7-22-19(13-17)24(30-15-29-22)32-18-4-6-21(28)20(27)14-18/h4-7,12-15H,8-11H2,1-3H3,(H,31,34)(H,29,30,32). The van der Waals surface area contributed by atoms with E-state index in [0.29, 0.717) is 54.0 Å². The maximum Gasteiger partial charge on any atom is 0.410 e. The summed E-state index contributed by atoms with van der Waals surface area (Å²) in [4.78, 5) is 35.1. The van der Waals surface area contributed by atoms with Crippen molar-refractivity contribution in [1.82, 2.24) is 14.9 Å². The number of nitrogens with zero attached hydrogens (tertiary/aromatic N) is 3. The summed E-state index contributed by atoms with van der Waals surface area (Å²) in [7, 11) is 0.